The molecule has 0 radical (unpaired) electrons. The van der Waals surface area contributed by atoms with Crippen molar-refractivity contribution in [2.45, 2.75) is 17.7 Å². The first-order valence-corrected chi connectivity index (χ1v) is 4.51. The van der Waals surface area contributed by atoms with Crippen LogP contribution in [-0.2, 0) is 9.59 Å². The van der Waals surface area contributed by atoms with E-state index in [0.29, 0.717) is 0 Å². The van der Waals surface area contributed by atoms with Gasteiger partial charge in [0.1, 0.15) is 11.3 Å². The summed E-state index contributed by atoms with van der Waals surface area (Å²) in [6.45, 7) is 0. The Kier molecular flexibility index (Phi) is 4.68. The number of nitrogens with two attached hydrogens (primary N) is 1. The third kappa shape index (κ3) is 3.59. The smallest absolute Gasteiger partial charge is 0.320 e. The second kappa shape index (κ2) is 5.00. The van der Waals surface area contributed by atoms with Gasteiger partial charge in [-0.25, -0.2) is 0 Å². The number of carboxylic acids is 2. The van der Waals surface area contributed by atoms with Gasteiger partial charge in [0, 0.05) is 0 Å². The number of rotatable bonds is 5. The van der Waals surface area contributed by atoms with E-state index in [1.54, 1.807) is 6.26 Å². The molecule has 0 aromatic heterocycles. The summed E-state index contributed by atoms with van der Waals surface area (Å²) >= 11 is 1.08. The summed E-state index contributed by atoms with van der Waals surface area (Å²) < 4.78 is 0. The number of hydrogen-bond acceptors (Lipinski definition) is 4. The molecule has 5 nitrogen and oxygen atoms in total. The number of carbonyl (C=O) groups is 2. The van der Waals surface area contributed by atoms with Crippen molar-refractivity contribution in [1.82, 2.24) is 0 Å². The van der Waals surface area contributed by atoms with Crippen LogP contribution in [0.3, 0.4) is 0 Å². The SMILES string of the molecule is CS[C@H](C[C@H](N)C(=O)O)C(=O)O. The fourth-order valence-electron chi connectivity index (χ4n) is 0.629. The van der Waals surface area contributed by atoms with E-state index in [1.807, 2.05) is 0 Å². The van der Waals surface area contributed by atoms with Gasteiger partial charge in [0.05, 0.1) is 0 Å². The summed E-state index contributed by atoms with van der Waals surface area (Å²) in [5, 5.41) is 16.2. The van der Waals surface area contributed by atoms with E-state index >= 15 is 0 Å². The van der Waals surface area contributed by atoms with Gasteiger partial charge in [-0.15, -0.1) is 0 Å². The lowest BCUT2D eigenvalue weighted by Gasteiger charge is -2.11. The largest absolute Gasteiger partial charge is 0.480 e. The Morgan fingerprint density at radius 1 is 1.42 bits per heavy atom. The van der Waals surface area contributed by atoms with Crippen LogP contribution in [0.5, 0.6) is 0 Å². The van der Waals surface area contributed by atoms with E-state index < -0.39 is 23.2 Å². The summed E-state index contributed by atoms with van der Waals surface area (Å²) in [7, 11) is 0. The first kappa shape index (κ1) is 11.2. The predicted molar refractivity (Wildman–Crippen MR) is 45.2 cm³/mol. The van der Waals surface area contributed by atoms with Gasteiger partial charge in [-0.2, -0.15) is 11.8 Å². The average Bonchev–Trinajstić information content (AvgIpc) is 1.98. The number of aliphatic carboxylic acids is 2. The molecular weight excluding hydrogens is 182 g/mol. The van der Waals surface area contributed by atoms with Gasteiger partial charge >= 0.3 is 11.9 Å². The third-order valence-electron chi connectivity index (χ3n) is 1.35. The van der Waals surface area contributed by atoms with Crippen molar-refractivity contribution >= 4 is 23.7 Å². The van der Waals surface area contributed by atoms with E-state index in [2.05, 4.69) is 0 Å². The summed E-state index contributed by atoms with van der Waals surface area (Å²) in [6, 6.07) is -1.10. The van der Waals surface area contributed by atoms with Crippen molar-refractivity contribution < 1.29 is 19.8 Å². The van der Waals surface area contributed by atoms with Crippen molar-refractivity contribution in [3.8, 4) is 0 Å². The molecular formula is C6H11NO4S. The summed E-state index contributed by atoms with van der Waals surface area (Å²) in [4.78, 5) is 20.7. The highest BCUT2D eigenvalue weighted by molar-refractivity contribution is 7.99. The standard InChI is InChI=1S/C6H11NO4S/c1-12-4(6(10)11)2-3(7)5(8)9/h3-4H,2,7H2,1H3,(H,8,9)(H,10,11)/t3-,4+/m0/s1. The van der Waals surface area contributed by atoms with Crippen molar-refractivity contribution in [3.05, 3.63) is 0 Å². The molecule has 4 N–H and O–H groups in total. The minimum Gasteiger partial charge on any atom is -0.480 e. The van der Waals surface area contributed by atoms with Crippen LogP contribution >= 0.6 is 11.8 Å². The number of hydrogen-bond donors (Lipinski definition) is 3. The van der Waals surface area contributed by atoms with Gasteiger partial charge < -0.3 is 15.9 Å². The van der Waals surface area contributed by atoms with Gasteiger partial charge in [0.15, 0.2) is 0 Å². The zero-order chi connectivity index (χ0) is 9.72. The fourth-order valence-corrected chi connectivity index (χ4v) is 1.23. The monoisotopic (exact) mass is 193 g/mol. The molecule has 0 aromatic carbocycles. The maximum absolute atomic E-state index is 10.4. The Morgan fingerprint density at radius 2 is 1.92 bits per heavy atom. The highest BCUT2D eigenvalue weighted by Gasteiger charge is 2.22. The molecule has 0 heterocycles. The molecule has 0 saturated heterocycles. The van der Waals surface area contributed by atoms with Crippen LogP contribution < -0.4 is 5.73 Å². The van der Waals surface area contributed by atoms with E-state index in [1.165, 1.54) is 0 Å². The molecule has 2 atom stereocenters. The maximum Gasteiger partial charge on any atom is 0.320 e. The highest BCUT2D eigenvalue weighted by atomic mass is 32.2. The van der Waals surface area contributed by atoms with Crippen molar-refractivity contribution in [3.63, 3.8) is 0 Å². The van der Waals surface area contributed by atoms with E-state index in [0.717, 1.165) is 11.8 Å². The first-order chi connectivity index (χ1) is 5.49. The van der Waals surface area contributed by atoms with Crippen LogP contribution in [0.25, 0.3) is 0 Å². The molecule has 0 bridgehead atoms. The van der Waals surface area contributed by atoms with Crippen LogP contribution in [0.15, 0.2) is 0 Å². The summed E-state index contributed by atoms with van der Waals surface area (Å²) in [6.07, 6.45) is 1.55. The molecule has 0 fully saturated rings. The molecule has 0 rings (SSSR count). The highest BCUT2D eigenvalue weighted by Crippen LogP contribution is 2.12. The first-order valence-electron chi connectivity index (χ1n) is 3.23. The van der Waals surface area contributed by atoms with Crippen LogP contribution in [0.4, 0.5) is 0 Å². The van der Waals surface area contributed by atoms with Crippen molar-refractivity contribution in [2.75, 3.05) is 6.26 Å². The summed E-state index contributed by atoms with van der Waals surface area (Å²) in [5.41, 5.74) is 5.15. The minimum atomic E-state index is -1.17. The molecule has 0 aromatic rings. The van der Waals surface area contributed by atoms with E-state index in [4.69, 9.17) is 15.9 Å². The predicted octanol–water partition coefficient (Wildman–Crippen LogP) is -0.395. The fraction of sp³-hybridized carbons (Fsp3) is 0.667. The lowest BCUT2D eigenvalue weighted by Crippen LogP contribution is -2.35. The Bertz CT molecular complexity index is 184. The lowest BCUT2D eigenvalue weighted by molar-refractivity contribution is -0.139. The van der Waals surface area contributed by atoms with Gasteiger partial charge in [-0.1, -0.05) is 0 Å². The van der Waals surface area contributed by atoms with Gasteiger partial charge in [0.2, 0.25) is 0 Å². The van der Waals surface area contributed by atoms with Crippen molar-refractivity contribution in [2.24, 2.45) is 5.73 Å². The molecule has 0 spiro atoms. The molecule has 0 aliphatic carbocycles. The Labute approximate surface area is 73.9 Å². The number of carboxylic acid groups (broad SMARTS) is 2. The molecule has 0 aliphatic rings. The van der Waals surface area contributed by atoms with E-state index in [9.17, 15) is 9.59 Å². The topological polar surface area (TPSA) is 101 Å². The third-order valence-corrected chi connectivity index (χ3v) is 2.31. The van der Waals surface area contributed by atoms with Crippen molar-refractivity contribution in [1.29, 1.82) is 0 Å². The van der Waals surface area contributed by atoms with Crippen LogP contribution in [0.1, 0.15) is 6.42 Å². The molecule has 12 heavy (non-hydrogen) atoms. The Balaban J connectivity index is 4.02. The number of thioether (sulfide) groups is 1. The Morgan fingerprint density at radius 3 is 2.17 bits per heavy atom. The van der Waals surface area contributed by atoms with Gasteiger partial charge in [-0.05, 0) is 12.7 Å². The second-order valence-corrected chi connectivity index (χ2v) is 3.28. The van der Waals surface area contributed by atoms with Gasteiger partial charge in [-0.3, -0.25) is 9.59 Å². The maximum atomic E-state index is 10.4. The zero-order valence-corrected chi connectivity index (χ0v) is 7.37. The quantitative estimate of drug-likeness (QED) is 0.549. The van der Waals surface area contributed by atoms with Gasteiger partial charge in [0.25, 0.3) is 0 Å². The average molecular weight is 193 g/mol. The van der Waals surface area contributed by atoms with Crippen LogP contribution in [0, 0.1) is 0 Å². The Hall–Kier alpha value is -0.750. The molecule has 0 unspecified atom stereocenters. The zero-order valence-electron chi connectivity index (χ0n) is 6.56. The normalized spacial score (nSPS) is 15.2. The van der Waals surface area contributed by atoms with E-state index in [-0.39, 0.29) is 6.42 Å². The molecule has 0 aliphatic heterocycles. The lowest BCUT2D eigenvalue weighted by atomic mass is 10.2. The molecule has 70 valence electrons. The molecule has 0 saturated carbocycles. The second-order valence-electron chi connectivity index (χ2n) is 2.24. The van der Waals surface area contributed by atoms with Crippen LogP contribution in [0.2, 0.25) is 0 Å². The molecule has 6 heteroatoms. The van der Waals surface area contributed by atoms with Crippen LogP contribution in [-0.4, -0.2) is 39.7 Å². The minimum absolute atomic E-state index is 0.0498. The summed E-state index contributed by atoms with van der Waals surface area (Å²) in [5.74, 6) is -2.20. The molecule has 0 amide bonds.